The fourth-order valence-electron chi connectivity index (χ4n) is 2.69. The average Bonchev–Trinajstić information content (AvgIpc) is 3.16. The molecular formula is C19H14BrN5OS. The zero-order valence-corrected chi connectivity index (χ0v) is 16.4. The molecule has 4 aromatic rings. The zero-order chi connectivity index (χ0) is 18.6. The fraction of sp³-hybridized carbons (Fsp3) is 0.0526. The standard InChI is InChI=1S/C19H14BrN5OS/c20-15-9-3-4-10-16(15)21-18(26)12-27-19-22-23-24-25(19)17-11-5-7-13-6-1-2-8-14(13)17/h1-11H,12H2,(H,21,26). The fourth-order valence-corrected chi connectivity index (χ4v) is 3.76. The van der Waals surface area contributed by atoms with E-state index in [-0.39, 0.29) is 11.7 Å². The van der Waals surface area contributed by atoms with Gasteiger partial charge in [-0.25, -0.2) is 0 Å². The summed E-state index contributed by atoms with van der Waals surface area (Å²) in [5, 5.41) is 17.6. The van der Waals surface area contributed by atoms with Crippen LogP contribution in [-0.2, 0) is 4.79 Å². The molecule has 0 unspecified atom stereocenters. The number of nitrogens with one attached hydrogen (secondary N) is 1. The van der Waals surface area contributed by atoms with Gasteiger partial charge in [-0.3, -0.25) is 4.79 Å². The molecule has 4 rings (SSSR count). The molecule has 27 heavy (non-hydrogen) atoms. The van der Waals surface area contributed by atoms with E-state index in [9.17, 15) is 4.79 Å². The summed E-state index contributed by atoms with van der Waals surface area (Å²) in [5.41, 5.74) is 1.61. The number of carbonyl (C=O) groups excluding carboxylic acids is 1. The van der Waals surface area contributed by atoms with Crippen LogP contribution in [0.15, 0.2) is 76.4 Å². The van der Waals surface area contributed by atoms with Crippen LogP contribution in [0.3, 0.4) is 0 Å². The Morgan fingerprint density at radius 3 is 2.70 bits per heavy atom. The van der Waals surface area contributed by atoms with Gasteiger partial charge >= 0.3 is 0 Å². The first-order valence-electron chi connectivity index (χ1n) is 8.16. The minimum atomic E-state index is -0.126. The second kappa shape index (κ2) is 7.89. The number of hydrogen-bond donors (Lipinski definition) is 1. The van der Waals surface area contributed by atoms with Gasteiger partial charge < -0.3 is 5.32 Å². The summed E-state index contributed by atoms with van der Waals surface area (Å²) in [6.07, 6.45) is 0. The third-order valence-corrected chi connectivity index (χ3v) is 5.53. The highest BCUT2D eigenvalue weighted by Crippen LogP contribution is 2.26. The molecule has 0 atom stereocenters. The quantitative estimate of drug-likeness (QED) is 0.469. The summed E-state index contributed by atoms with van der Waals surface area (Å²) in [6.45, 7) is 0. The first-order valence-corrected chi connectivity index (χ1v) is 9.94. The van der Waals surface area contributed by atoms with Gasteiger partial charge in [-0.1, -0.05) is 60.3 Å². The number of para-hydroxylation sites is 1. The highest BCUT2D eigenvalue weighted by atomic mass is 79.9. The lowest BCUT2D eigenvalue weighted by atomic mass is 10.1. The first kappa shape index (κ1) is 17.7. The van der Waals surface area contributed by atoms with Crippen LogP contribution in [-0.4, -0.2) is 31.9 Å². The monoisotopic (exact) mass is 439 g/mol. The molecule has 0 spiro atoms. The number of aromatic nitrogens is 4. The zero-order valence-electron chi connectivity index (χ0n) is 14.0. The summed E-state index contributed by atoms with van der Waals surface area (Å²) in [4.78, 5) is 12.3. The third kappa shape index (κ3) is 3.86. The number of halogens is 1. The Morgan fingerprint density at radius 2 is 1.81 bits per heavy atom. The molecule has 1 heterocycles. The summed E-state index contributed by atoms with van der Waals surface area (Å²) in [7, 11) is 0. The van der Waals surface area contributed by atoms with Gasteiger partial charge in [0.25, 0.3) is 0 Å². The van der Waals surface area contributed by atoms with Crippen molar-refractivity contribution in [3.8, 4) is 5.69 Å². The van der Waals surface area contributed by atoms with E-state index in [1.165, 1.54) is 11.8 Å². The minimum absolute atomic E-state index is 0.126. The van der Waals surface area contributed by atoms with Gasteiger partial charge in [0, 0.05) is 9.86 Å². The van der Waals surface area contributed by atoms with Gasteiger partial charge in [-0.2, -0.15) is 4.68 Å². The van der Waals surface area contributed by atoms with E-state index in [0.717, 1.165) is 26.6 Å². The van der Waals surface area contributed by atoms with E-state index in [4.69, 9.17) is 0 Å². The lowest BCUT2D eigenvalue weighted by Crippen LogP contribution is -2.15. The van der Waals surface area contributed by atoms with Crippen LogP contribution in [0.1, 0.15) is 0 Å². The number of anilines is 1. The Balaban J connectivity index is 1.53. The smallest absolute Gasteiger partial charge is 0.234 e. The predicted octanol–water partition coefficient (Wildman–Crippen LogP) is 4.31. The molecule has 0 fully saturated rings. The van der Waals surface area contributed by atoms with Crippen molar-refractivity contribution in [3.05, 3.63) is 71.2 Å². The van der Waals surface area contributed by atoms with E-state index in [1.54, 1.807) is 4.68 Å². The van der Waals surface area contributed by atoms with Crippen molar-refractivity contribution in [2.45, 2.75) is 5.16 Å². The van der Waals surface area contributed by atoms with Crippen molar-refractivity contribution in [2.75, 3.05) is 11.1 Å². The number of nitrogens with zero attached hydrogens (tertiary/aromatic N) is 4. The maximum atomic E-state index is 12.3. The van der Waals surface area contributed by atoms with Gasteiger partial charge in [0.1, 0.15) is 0 Å². The molecule has 6 nitrogen and oxygen atoms in total. The van der Waals surface area contributed by atoms with Crippen LogP contribution in [0.4, 0.5) is 5.69 Å². The second-order valence-electron chi connectivity index (χ2n) is 5.69. The Kier molecular flexibility index (Phi) is 5.17. The van der Waals surface area contributed by atoms with Crippen molar-refractivity contribution in [1.29, 1.82) is 0 Å². The van der Waals surface area contributed by atoms with Gasteiger partial charge in [0.2, 0.25) is 11.1 Å². The molecule has 1 N–H and O–H groups in total. The van der Waals surface area contributed by atoms with E-state index in [2.05, 4.69) is 36.8 Å². The van der Waals surface area contributed by atoms with Gasteiger partial charge in [0.15, 0.2) is 0 Å². The topological polar surface area (TPSA) is 72.7 Å². The van der Waals surface area contributed by atoms with Crippen LogP contribution in [0.2, 0.25) is 0 Å². The molecule has 8 heteroatoms. The summed E-state index contributed by atoms with van der Waals surface area (Å²) in [5.74, 6) is 0.0753. The van der Waals surface area contributed by atoms with Gasteiger partial charge in [0.05, 0.1) is 17.1 Å². The number of thioether (sulfide) groups is 1. The highest BCUT2D eigenvalue weighted by Gasteiger charge is 2.14. The Bertz CT molecular complexity index is 1110. The molecule has 1 aromatic heterocycles. The Labute approximate surface area is 168 Å². The number of carbonyl (C=O) groups is 1. The molecule has 1 amide bonds. The molecule has 3 aromatic carbocycles. The molecular weight excluding hydrogens is 426 g/mol. The highest BCUT2D eigenvalue weighted by molar-refractivity contribution is 9.10. The summed E-state index contributed by atoms with van der Waals surface area (Å²) < 4.78 is 2.50. The number of amides is 1. The van der Waals surface area contributed by atoms with Crippen LogP contribution in [0.5, 0.6) is 0 Å². The number of benzene rings is 3. The van der Waals surface area contributed by atoms with Crippen molar-refractivity contribution in [2.24, 2.45) is 0 Å². The van der Waals surface area contributed by atoms with Crippen LogP contribution in [0.25, 0.3) is 16.5 Å². The average molecular weight is 440 g/mol. The summed E-state index contributed by atoms with van der Waals surface area (Å²) in [6, 6.07) is 21.5. The Morgan fingerprint density at radius 1 is 1.04 bits per heavy atom. The molecule has 0 aliphatic carbocycles. The molecule has 0 saturated carbocycles. The first-order chi connectivity index (χ1) is 13.2. The van der Waals surface area contributed by atoms with Crippen molar-refractivity contribution >= 4 is 50.1 Å². The molecule has 0 aliphatic heterocycles. The third-order valence-electron chi connectivity index (χ3n) is 3.92. The largest absolute Gasteiger partial charge is 0.324 e. The summed E-state index contributed by atoms with van der Waals surface area (Å²) >= 11 is 4.71. The maximum absolute atomic E-state index is 12.3. The molecule has 0 bridgehead atoms. The van der Waals surface area contributed by atoms with Crippen LogP contribution >= 0.6 is 27.7 Å². The maximum Gasteiger partial charge on any atom is 0.234 e. The SMILES string of the molecule is O=C(CSc1nnnn1-c1cccc2ccccc12)Nc1ccccc1Br. The van der Waals surface area contributed by atoms with E-state index in [1.807, 2.05) is 66.7 Å². The number of tetrazole rings is 1. The predicted molar refractivity (Wildman–Crippen MR) is 110 cm³/mol. The molecule has 0 saturated heterocycles. The van der Waals surface area contributed by atoms with Gasteiger partial charge in [-0.15, -0.1) is 5.10 Å². The second-order valence-corrected chi connectivity index (χ2v) is 7.49. The molecule has 134 valence electrons. The lowest BCUT2D eigenvalue weighted by molar-refractivity contribution is -0.113. The normalized spacial score (nSPS) is 10.9. The number of rotatable bonds is 5. The van der Waals surface area contributed by atoms with Crippen molar-refractivity contribution in [1.82, 2.24) is 20.2 Å². The van der Waals surface area contributed by atoms with Crippen molar-refractivity contribution < 1.29 is 4.79 Å². The molecule has 0 radical (unpaired) electrons. The number of fused-ring (bicyclic) bond motifs is 1. The van der Waals surface area contributed by atoms with Crippen LogP contribution in [0, 0.1) is 0 Å². The minimum Gasteiger partial charge on any atom is -0.324 e. The molecule has 0 aliphatic rings. The lowest BCUT2D eigenvalue weighted by Gasteiger charge is -2.09. The van der Waals surface area contributed by atoms with E-state index >= 15 is 0 Å². The van der Waals surface area contributed by atoms with Crippen molar-refractivity contribution in [3.63, 3.8) is 0 Å². The Hall–Kier alpha value is -2.71. The van der Waals surface area contributed by atoms with Gasteiger partial charge in [-0.05, 0) is 49.9 Å². The number of hydrogen-bond acceptors (Lipinski definition) is 5. The van der Waals surface area contributed by atoms with Crippen LogP contribution < -0.4 is 5.32 Å². The van der Waals surface area contributed by atoms with E-state index < -0.39 is 0 Å². The van der Waals surface area contributed by atoms with E-state index in [0.29, 0.717) is 5.16 Å².